The lowest BCUT2D eigenvalue weighted by Crippen LogP contribution is -2.22. The van der Waals surface area contributed by atoms with E-state index in [0.717, 1.165) is 22.9 Å². The summed E-state index contributed by atoms with van der Waals surface area (Å²) < 4.78 is 38.4. The molecular formula is C10H8F3N3OS. The largest absolute Gasteiger partial charge is 0.417 e. The van der Waals surface area contributed by atoms with Crippen molar-refractivity contribution in [3.63, 3.8) is 0 Å². The highest BCUT2D eigenvalue weighted by molar-refractivity contribution is 7.13. The molecule has 0 saturated carbocycles. The van der Waals surface area contributed by atoms with Crippen molar-refractivity contribution in [3.05, 3.63) is 45.3 Å². The molecule has 0 atom stereocenters. The summed E-state index contributed by atoms with van der Waals surface area (Å²) in [5, 5.41) is 1.91. The highest BCUT2D eigenvalue weighted by Gasteiger charge is 2.31. The number of rotatable bonds is 2. The van der Waals surface area contributed by atoms with Gasteiger partial charge in [-0.1, -0.05) is 0 Å². The van der Waals surface area contributed by atoms with Gasteiger partial charge in [-0.3, -0.25) is 4.79 Å². The molecule has 0 saturated heterocycles. The van der Waals surface area contributed by atoms with Gasteiger partial charge in [0.05, 0.1) is 17.8 Å². The Morgan fingerprint density at radius 2 is 2.11 bits per heavy atom. The Kier molecular flexibility index (Phi) is 3.12. The summed E-state index contributed by atoms with van der Waals surface area (Å²) in [4.78, 5) is 15.3. The predicted octanol–water partition coefficient (Wildman–Crippen LogP) is 1.95. The summed E-state index contributed by atoms with van der Waals surface area (Å²) in [6.45, 7) is -0.0313. The summed E-state index contributed by atoms with van der Waals surface area (Å²) in [7, 11) is 0. The molecular weight excluding hydrogens is 267 g/mol. The van der Waals surface area contributed by atoms with Gasteiger partial charge in [0, 0.05) is 17.6 Å². The number of pyridine rings is 1. The highest BCUT2D eigenvalue weighted by atomic mass is 32.1. The summed E-state index contributed by atoms with van der Waals surface area (Å²) in [6.07, 6.45) is -3.70. The summed E-state index contributed by atoms with van der Waals surface area (Å²) in [5.41, 5.74) is 4.48. The first-order chi connectivity index (χ1) is 8.36. The van der Waals surface area contributed by atoms with Gasteiger partial charge in [0.15, 0.2) is 5.13 Å². The van der Waals surface area contributed by atoms with E-state index in [9.17, 15) is 18.0 Å². The van der Waals surface area contributed by atoms with Crippen LogP contribution in [-0.2, 0) is 12.7 Å². The second-order valence-corrected chi connectivity index (χ2v) is 4.45. The molecule has 0 aliphatic carbocycles. The Labute approximate surface area is 104 Å². The van der Waals surface area contributed by atoms with Crippen LogP contribution in [0.3, 0.4) is 0 Å². The number of hydrogen-bond acceptors (Lipinski definition) is 4. The van der Waals surface area contributed by atoms with Gasteiger partial charge in [-0.15, -0.1) is 11.3 Å². The summed E-state index contributed by atoms with van der Waals surface area (Å²) in [5.74, 6) is 0. The zero-order valence-corrected chi connectivity index (χ0v) is 9.76. The van der Waals surface area contributed by atoms with Crippen LogP contribution in [0.5, 0.6) is 0 Å². The quantitative estimate of drug-likeness (QED) is 0.911. The standard InChI is InChI=1S/C10H8F3N3OS/c11-10(12,13)6-1-2-8(17)16(3-6)4-7-5-18-9(14)15-7/h1-3,5H,4H2,(H2,14,15). The molecule has 0 unspecified atom stereocenters. The van der Waals surface area contributed by atoms with E-state index >= 15 is 0 Å². The average Bonchev–Trinajstić information content (AvgIpc) is 2.66. The maximum atomic E-state index is 12.5. The molecule has 4 nitrogen and oxygen atoms in total. The van der Waals surface area contributed by atoms with E-state index in [2.05, 4.69) is 4.98 Å². The molecule has 0 fully saturated rings. The van der Waals surface area contributed by atoms with Crippen molar-refractivity contribution >= 4 is 16.5 Å². The third kappa shape index (κ3) is 2.70. The fourth-order valence-corrected chi connectivity index (χ4v) is 1.95. The van der Waals surface area contributed by atoms with Crippen molar-refractivity contribution < 1.29 is 13.2 Å². The molecule has 0 aliphatic heterocycles. The first-order valence-corrected chi connectivity index (χ1v) is 5.72. The lowest BCUT2D eigenvalue weighted by Gasteiger charge is -2.09. The van der Waals surface area contributed by atoms with Crippen molar-refractivity contribution in [2.75, 3.05) is 5.73 Å². The minimum absolute atomic E-state index is 0.0313. The number of halogens is 3. The molecule has 0 amide bonds. The van der Waals surface area contributed by atoms with Crippen LogP contribution in [0.2, 0.25) is 0 Å². The number of hydrogen-bond donors (Lipinski definition) is 1. The third-order valence-corrected chi connectivity index (χ3v) is 2.94. The molecule has 0 radical (unpaired) electrons. The first kappa shape index (κ1) is 12.6. The zero-order chi connectivity index (χ0) is 13.3. The number of nitrogens with zero attached hydrogens (tertiary/aromatic N) is 2. The third-order valence-electron chi connectivity index (χ3n) is 2.21. The van der Waals surface area contributed by atoms with Crippen LogP contribution in [0.25, 0.3) is 0 Å². The van der Waals surface area contributed by atoms with Gasteiger partial charge in [-0.25, -0.2) is 4.98 Å². The second kappa shape index (κ2) is 4.45. The van der Waals surface area contributed by atoms with Crippen LogP contribution < -0.4 is 11.3 Å². The molecule has 0 spiro atoms. The Balaban J connectivity index is 2.35. The van der Waals surface area contributed by atoms with Crippen molar-refractivity contribution in [2.24, 2.45) is 0 Å². The maximum Gasteiger partial charge on any atom is 0.417 e. The molecule has 0 aliphatic rings. The number of anilines is 1. The smallest absolute Gasteiger partial charge is 0.375 e. The lowest BCUT2D eigenvalue weighted by atomic mass is 10.2. The van der Waals surface area contributed by atoms with Crippen molar-refractivity contribution in [2.45, 2.75) is 12.7 Å². The Morgan fingerprint density at radius 3 is 2.67 bits per heavy atom. The first-order valence-electron chi connectivity index (χ1n) is 4.84. The topological polar surface area (TPSA) is 60.9 Å². The predicted molar refractivity (Wildman–Crippen MR) is 61.3 cm³/mol. The Morgan fingerprint density at radius 1 is 1.39 bits per heavy atom. The van der Waals surface area contributed by atoms with E-state index in [0.29, 0.717) is 10.8 Å². The van der Waals surface area contributed by atoms with Crippen LogP contribution in [0.4, 0.5) is 18.3 Å². The van der Waals surface area contributed by atoms with Gasteiger partial charge >= 0.3 is 6.18 Å². The minimum Gasteiger partial charge on any atom is -0.375 e. The minimum atomic E-state index is -4.48. The molecule has 2 N–H and O–H groups in total. The Bertz CT molecular complexity index is 617. The van der Waals surface area contributed by atoms with Gasteiger partial charge in [0.25, 0.3) is 5.56 Å². The summed E-state index contributed by atoms with van der Waals surface area (Å²) in [6, 6.07) is 1.65. The van der Waals surface area contributed by atoms with E-state index in [1.165, 1.54) is 11.3 Å². The van der Waals surface area contributed by atoms with Crippen molar-refractivity contribution in [1.82, 2.24) is 9.55 Å². The van der Waals surface area contributed by atoms with E-state index < -0.39 is 17.3 Å². The van der Waals surface area contributed by atoms with Crippen LogP contribution in [0.1, 0.15) is 11.3 Å². The molecule has 2 rings (SSSR count). The van der Waals surface area contributed by atoms with Crippen LogP contribution in [-0.4, -0.2) is 9.55 Å². The van der Waals surface area contributed by atoms with Gasteiger partial charge in [0.2, 0.25) is 0 Å². The Hall–Kier alpha value is -1.83. The maximum absolute atomic E-state index is 12.5. The molecule has 2 heterocycles. The van der Waals surface area contributed by atoms with Crippen molar-refractivity contribution in [3.8, 4) is 0 Å². The van der Waals surface area contributed by atoms with Gasteiger partial charge in [-0.2, -0.15) is 13.2 Å². The number of alkyl halides is 3. The molecule has 2 aromatic rings. The molecule has 18 heavy (non-hydrogen) atoms. The lowest BCUT2D eigenvalue weighted by molar-refractivity contribution is -0.138. The van der Waals surface area contributed by atoms with Gasteiger partial charge < -0.3 is 10.3 Å². The SMILES string of the molecule is Nc1nc(Cn2cc(C(F)(F)F)ccc2=O)cs1. The highest BCUT2D eigenvalue weighted by Crippen LogP contribution is 2.28. The number of aromatic nitrogens is 2. The van der Waals surface area contributed by atoms with Crippen LogP contribution in [0.15, 0.2) is 28.5 Å². The molecule has 0 bridgehead atoms. The monoisotopic (exact) mass is 275 g/mol. The van der Waals surface area contributed by atoms with E-state index in [1.807, 2.05) is 0 Å². The van der Waals surface area contributed by atoms with Crippen LogP contribution in [0, 0.1) is 0 Å². The second-order valence-electron chi connectivity index (χ2n) is 3.56. The fourth-order valence-electron chi connectivity index (χ4n) is 1.39. The fraction of sp³-hybridized carbons (Fsp3) is 0.200. The molecule has 96 valence electrons. The van der Waals surface area contributed by atoms with Gasteiger partial charge in [-0.05, 0) is 6.07 Å². The van der Waals surface area contributed by atoms with Gasteiger partial charge in [0.1, 0.15) is 0 Å². The zero-order valence-electron chi connectivity index (χ0n) is 8.94. The summed E-state index contributed by atoms with van der Waals surface area (Å²) >= 11 is 1.17. The number of nitrogens with two attached hydrogens (primary N) is 1. The van der Waals surface area contributed by atoms with E-state index in [4.69, 9.17) is 5.73 Å². The van der Waals surface area contributed by atoms with Crippen molar-refractivity contribution in [1.29, 1.82) is 0 Å². The van der Waals surface area contributed by atoms with E-state index in [1.54, 1.807) is 5.38 Å². The molecule has 0 aromatic carbocycles. The average molecular weight is 275 g/mol. The molecule has 2 aromatic heterocycles. The van der Waals surface area contributed by atoms with E-state index in [-0.39, 0.29) is 6.54 Å². The number of thiazole rings is 1. The number of nitrogen functional groups attached to an aromatic ring is 1. The van der Waals surface area contributed by atoms with Crippen LogP contribution >= 0.6 is 11.3 Å². The normalized spacial score (nSPS) is 11.7. The molecule has 8 heteroatoms.